The van der Waals surface area contributed by atoms with Crippen molar-refractivity contribution in [1.29, 1.82) is 0 Å². The van der Waals surface area contributed by atoms with Gasteiger partial charge in [0.1, 0.15) is 0 Å². The van der Waals surface area contributed by atoms with E-state index in [-0.39, 0.29) is 9.90 Å². The third-order valence-electron chi connectivity index (χ3n) is 2.07. The fourth-order valence-electron chi connectivity index (χ4n) is 1.37. The third kappa shape index (κ3) is 2.61. The first-order valence-electron chi connectivity index (χ1n) is 4.50. The highest BCUT2D eigenvalue weighted by Crippen LogP contribution is 2.36. The molecule has 1 aromatic heterocycles. The fraction of sp³-hybridized carbons (Fsp3) is 0. The van der Waals surface area contributed by atoms with Gasteiger partial charge < -0.3 is 5.73 Å². The largest absolute Gasteiger partial charge is 0.397 e. The van der Waals surface area contributed by atoms with E-state index >= 15 is 0 Å². The SMILES string of the molecule is Nc1cc(-c2cccc(Cl)c2)sc1S(=O)(=O)O. The van der Waals surface area contributed by atoms with Crippen molar-refractivity contribution in [2.75, 3.05) is 5.73 Å². The van der Waals surface area contributed by atoms with Crippen LogP contribution >= 0.6 is 22.9 Å². The first kappa shape index (κ1) is 12.4. The lowest BCUT2D eigenvalue weighted by Gasteiger charge is -1.96. The molecule has 90 valence electrons. The summed E-state index contributed by atoms with van der Waals surface area (Å²) < 4.78 is 30.8. The van der Waals surface area contributed by atoms with Crippen LogP contribution in [-0.4, -0.2) is 13.0 Å². The minimum absolute atomic E-state index is 0.0347. The standard InChI is InChI=1S/C10H8ClNO3S2/c11-7-3-1-2-6(4-7)9-5-8(12)10(16-9)17(13,14)15/h1-5H,12H2,(H,13,14,15). The molecule has 0 amide bonds. The zero-order valence-corrected chi connectivity index (χ0v) is 10.8. The fourth-order valence-corrected chi connectivity index (χ4v) is 3.42. The molecule has 17 heavy (non-hydrogen) atoms. The highest BCUT2D eigenvalue weighted by Gasteiger charge is 2.18. The smallest absolute Gasteiger partial charge is 0.306 e. The molecule has 7 heteroatoms. The van der Waals surface area contributed by atoms with Crippen molar-refractivity contribution in [3.8, 4) is 10.4 Å². The molecule has 1 heterocycles. The molecule has 0 unspecified atom stereocenters. The maximum absolute atomic E-state index is 11.0. The second-order valence-corrected chi connectivity index (χ2v) is 6.44. The average molecular weight is 290 g/mol. The molecule has 0 fully saturated rings. The predicted octanol–water partition coefficient (Wildman–Crippen LogP) is 2.90. The van der Waals surface area contributed by atoms with Crippen molar-refractivity contribution < 1.29 is 13.0 Å². The number of rotatable bonds is 2. The maximum Gasteiger partial charge on any atom is 0.306 e. The normalized spacial score (nSPS) is 11.6. The van der Waals surface area contributed by atoms with Crippen molar-refractivity contribution in [2.45, 2.75) is 4.21 Å². The van der Waals surface area contributed by atoms with Crippen LogP contribution in [0.15, 0.2) is 34.5 Å². The quantitative estimate of drug-likeness (QED) is 0.833. The Hall–Kier alpha value is -1.08. The van der Waals surface area contributed by atoms with Crippen molar-refractivity contribution in [1.82, 2.24) is 0 Å². The molecule has 0 aliphatic carbocycles. The van der Waals surface area contributed by atoms with E-state index in [1.165, 1.54) is 6.07 Å². The molecule has 0 saturated heterocycles. The van der Waals surface area contributed by atoms with Gasteiger partial charge in [0, 0.05) is 9.90 Å². The van der Waals surface area contributed by atoms with Crippen LogP contribution < -0.4 is 5.73 Å². The molecule has 1 aromatic carbocycles. The molecule has 0 saturated carbocycles. The van der Waals surface area contributed by atoms with E-state index in [4.69, 9.17) is 21.9 Å². The second-order valence-electron chi connectivity index (χ2n) is 3.34. The summed E-state index contributed by atoms with van der Waals surface area (Å²) in [5, 5.41) is 0.544. The third-order valence-corrected chi connectivity index (χ3v) is 4.88. The Bertz CT molecular complexity index is 664. The Morgan fingerprint density at radius 3 is 2.53 bits per heavy atom. The lowest BCUT2D eigenvalue weighted by molar-refractivity contribution is 0.486. The van der Waals surface area contributed by atoms with Crippen molar-refractivity contribution in [3.63, 3.8) is 0 Å². The molecular weight excluding hydrogens is 282 g/mol. The van der Waals surface area contributed by atoms with E-state index in [1.807, 2.05) is 0 Å². The van der Waals surface area contributed by atoms with Crippen molar-refractivity contribution in [3.05, 3.63) is 35.4 Å². The van der Waals surface area contributed by atoms with E-state index in [2.05, 4.69) is 0 Å². The molecule has 0 radical (unpaired) electrons. The lowest BCUT2D eigenvalue weighted by Crippen LogP contribution is -1.98. The van der Waals surface area contributed by atoms with Gasteiger partial charge in [0.25, 0.3) is 0 Å². The van der Waals surface area contributed by atoms with Gasteiger partial charge in [0.15, 0.2) is 4.21 Å². The molecule has 2 rings (SSSR count). The monoisotopic (exact) mass is 289 g/mol. The highest BCUT2D eigenvalue weighted by atomic mass is 35.5. The van der Waals surface area contributed by atoms with Gasteiger partial charge in [-0.3, -0.25) is 4.55 Å². The minimum Gasteiger partial charge on any atom is -0.397 e. The van der Waals surface area contributed by atoms with Crippen LogP contribution in [0.3, 0.4) is 0 Å². The molecule has 0 aliphatic heterocycles. The van der Waals surface area contributed by atoms with Crippen LogP contribution in [0.2, 0.25) is 5.02 Å². The number of hydrogen-bond donors (Lipinski definition) is 2. The molecule has 3 N–H and O–H groups in total. The van der Waals surface area contributed by atoms with E-state index in [9.17, 15) is 8.42 Å². The van der Waals surface area contributed by atoms with Crippen molar-refractivity contribution >= 4 is 38.7 Å². The topological polar surface area (TPSA) is 80.4 Å². The summed E-state index contributed by atoms with van der Waals surface area (Å²) in [6.07, 6.45) is 0. The average Bonchev–Trinajstić information content (AvgIpc) is 2.60. The second kappa shape index (κ2) is 4.30. The van der Waals surface area contributed by atoms with Crippen LogP contribution in [0.25, 0.3) is 10.4 Å². The van der Waals surface area contributed by atoms with E-state index in [0.29, 0.717) is 9.90 Å². The van der Waals surface area contributed by atoms with Gasteiger partial charge in [-0.15, -0.1) is 11.3 Å². The summed E-state index contributed by atoms with van der Waals surface area (Å²) in [4.78, 5) is 0.637. The summed E-state index contributed by atoms with van der Waals surface area (Å²) in [6.45, 7) is 0. The Morgan fingerprint density at radius 2 is 2.00 bits per heavy atom. The zero-order valence-electron chi connectivity index (χ0n) is 8.42. The summed E-state index contributed by atoms with van der Waals surface area (Å²) >= 11 is 6.74. The van der Waals surface area contributed by atoms with Gasteiger partial charge in [-0.2, -0.15) is 8.42 Å². The predicted molar refractivity (Wildman–Crippen MR) is 69.0 cm³/mol. The van der Waals surface area contributed by atoms with Gasteiger partial charge in [0.2, 0.25) is 0 Å². The Balaban J connectivity index is 2.56. The highest BCUT2D eigenvalue weighted by molar-refractivity contribution is 7.88. The van der Waals surface area contributed by atoms with Crippen LogP contribution in [0.1, 0.15) is 0 Å². The number of thiophene rings is 1. The summed E-state index contributed by atoms with van der Waals surface area (Å²) in [7, 11) is -4.27. The van der Waals surface area contributed by atoms with Gasteiger partial charge in [-0.25, -0.2) is 0 Å². The van der Waals surface area contributed by atoms with Gasteiger partial charge in [-0.1, -0.05) is 23.7 Å². The number of halogens is 1. The van der Waals surface area contributed by atoms with E-state index in [1.54, 1.807) is 24.3 Å². The number of anilines is 1. The van der Waals surface area contributed by atoms with Crippen molar-refractivity contribution in [2.24, 2.45) is 0 Å². The maximum atomic E-state index is 11.0. The number of hydrogen-bond acceptors (Lipinski definition) is 4. The molecule has 0 bridgehead atoms. The van der Waals surface area contributed by atoms with Gasteiger partial charge in [-0.05, 0) is 23.8 Å². The first-order valence-corrected chi connectivity index (χ1v) is 7.14. The summed E-state index contributed by atoms with van der Waals surface area (Å²) in [5.74, 6) is 0. The lowest BCUT2D eigenvalue weighted by atomic mass is 10.2. The number of benzene rings is 1. The Labute approximate surface area is 107 Å². The van der Waals surface area contributed by atoms with Crippen LogP contribution in [-0.2, 0) is 10.1 Å². The number of nitrogens with two attached hydrogens (primary N) is 1. The van der Waals surface area contributed by atoms with Gasteiger partial charge >= 0.3 is 10.1 Å². The summed E-state index contributed by atoms with van der Waals surface area (Å²) in [5.41, 5.74) is 6.33. The Morgan fingerprint density at radius 1 is 1.29 bits per heavy atom. The molecule has 0 aliphatic rings. The van der Waals surface area contributed by atoms with Gasteiger partial charge in [0.05, 0.1) is 5.69 Å². The van der Waals surface area contributed by atoms with E-state index < -0.39 is 10.1 Å². The van der Waals surface area contributed by atoms with Crippen LogP contribution in [0.4, 0.5) is 5.69 Å². The molecular formula is C10H8ClNO3S2. The Kier molecular flexibility index (Phi) is 3.13. The first-order chi connectivity index (χ1) is 7.88. The molecule has 2 aromatic rings. The molecule has 0 atom stereocenters. The van der Waals surface area contributed by atoms with Crippen LogP contribution in [0.5, 0.6) is 0 Å². The molecule has 0 spiro atoms. The molecule has 4 nitrogen and oxygen atoms in total. The summed E-state index contributed by atoms with van der Waals surface area (Å²) in [6, 6.07) is 8.44. The zero-order chi connectivity index (χ0) is 12.6. The number of nitrogen functional groups attached to an aromatic ring is 1. The minimum atomic E-state index is -4.27. The van der Waals surface area contributed by atoms with Crippen LogP contribution in [0, 0.1) is 0 Å². The van der Waals surface area contributed by atoms with E-state index in [0.717, 1.165) is 16.9 Å².